The summed E-state index contributed by atoms with van der Waals surface area (Å²) in [7, 11) is 1.21. The number of carbonyl (C=O) groups is 1. The summed E-state index contributed by atoms with van der Waals surface area (Å²) in [5.41, 5.74) is 0.804. The molecule has 5 heteroatoms. The number of hydrogen-bond acceptors (Lipinski definition) is 4. The molecule has 0 amide bonds. The van der Waals surface area contributed by atoms with Crippen LogP contribution in [-0.4, -0.2) is 24.0 Å². The highest BCUT2D eigenvalue weighted by atomic mass is 19.1. The number of carbonyl (C=O) groups excluding carboxylic acids is 1. The Morgan fingerprint density at radius 1 is 1.44 bits per heavy atom. The topological polar surface area (TPSA) is 58.9 Å². The van der Waals surface area contributed by atoms with E-state index in [1.54, 1.807) is 12.1 Å². The molecule has 1 aromatic rings. The molecular weight excluding hydrogens is 213 g/mol. The van der Waals surface area contributed by atoms with E-state index in [4.69, 9.17) is 5.21 Å². The summed E-state index contributed by atoms with van der Waals surface area (Å²) in [5, 5.41) is 11.4. The minimum absolute atomic E-state index is 0.0492. The van der Waals surface area contributed by atoms with Gasteiger partial charge in [-0.2, -0.15) is 0 Å². The van der Waals surface area contributed by atoms with E-state index >= 15 is 0 Å². The normalized spacial score (nSPS) is 11.2. The van der Waals surface area contributed by atoms with Crippen LogP contribution in [0.3, 0.4) is 0 Å². The monoisotopic (exact) mass is 225 g/mol. The summed E-state index contributed by atoms with van der Waals surface area (Å²) < 4.78 is 17.0. The molecule has 0 spiro atoms. The van der Waals surface area contributed by atoms with Gasteiger partial charge in [0.15, 0.2) is 5.71 Å². The van der Waals surface area contributed by atoms with Crippen molar-refractivity contribution >= 4 is 11.7 Å². The van der Waals surface area contributed by atoms with Gasteiger partial charge in [-0.05, 0) is 24.1 Å². The summed E-state index contributed by atoms with van der Waals surface area (Å²) in [6.45, 7) is 0. The second-order valence-electron chi connectivity index (χ2n) is 3.16. The first-order chi connectivity index (χ1) is 7.67. The maximum atomic E-state index is 12.6. The van der Waals surface area contributed by atoms with Crippen LogP contribution in [0.15, 0.2) is 29.4 Å². The van der Waals surface area contributed by atoms with E-state index in [9.17, 15) is 9.18 Å². The first-order valence-electron chi connectivity index (χ1n) is 4.71. The molecule has 16 heavy (non-hydrogen) atoms. The Morgan fingerprint density at radius 3 is 2.56 bits per heavy atom. The minimum Gasteiger partial charge on any atom is -0.464 e. The number of nitrogens with zero attached hydrogens (tertiary/aromatic N) is 1. The fraction of sp³-hybridized carbons (Fsp3) is 0.273. The van der Waals surface area contributed by atoms with Crippen molar-refractivity contribution in [2.75, 3.05) is 7.11 Å². The lowest BCUT2D eigenvalue weighted by Gasteiger charge is -2.02. The lowest BCUT2D eigenvalue weighted by Crippen LogP contribution is -2.16. The van der Waals surface area contributed by atoms with E-state index in [0.717, 1.165) is 5.56 Å². The summed E-state index contributed by atoms with van der Waals surface area (Å²) in [4.78, 5) is 11.0. The zero-order valence-corrected chi connectivity index (χ0v) is 8.81. The molecule has 0 aliphatic heterocycles. The molecule has 1 rings (SSSR count). The molecule has 0 aliphatic carbocycles. The summed E-state index contributed by atoms with van der Waals surface area (Å²) in [6.07, 6.45) is 0.726. The van der Waals surface area contributed by atoms with Crippen molar-refractivity contribution in [3.8, 4) is 0 Å². The molecule has 0 heterocycles. The van der Waals surface area contributed by atoms with Crippen LogP contribution in [0.1, 0.15) is 12.0 Å². The maximum Gasteiger partial charge on any atom is 0.355 e. The van der Waals surface area contributed by atoms with Gasteiger partial charge in [0.1, 0.15) is 5.82 Å². The van der Waals surface area contributed by atoms with E-state index in [0.29, 0.717) is 6.42 Å². The number of aryl methyl sites for hydroxylation is 1. The molecule has 1 aromatic carbocycles. The molecule has 1 N–H and O–H groups in total. The van der Waals surface area contributed by atoms with Gasteiger partial charge in [-0.1, -0.05) is 17.3 Å². The SMILES string of the molecule is COC(=O)/C(CCc1ccc(F)cc1)=N/O. The number of oxime groups is 1. The molecule has 0 atom stereocenters. The Kier molecular flexibility index (Phi) is 4.44. The standard InChI is InChI=1S/C11H12FNO3/c1-16-11(14)10(13-15)7-4-8-2-5-9(12)6-3-8/h2-3,5-6,15H,4,7H2,1H3/b13-10+. The predicted octanol–water partition coefficient (Wildman–Crippen LogP) is 1.76. The zero-order chi connectivity index (χ0) is 12.0. The largest absolute Gasteiger partial charge is 0.464 e. The van der Waals surface area contributed by atoms with Crippen molar-refractivity contribution in [1.82, 2.24) is 0 Å². The second-order valence-corrected chi connectivity index (χ2v) is 3.16. The van der Waals surface area contributed by atoms with Crippen LogP contribution in [0, 0.1) is 5.82 Å². The molecule has 0 fully saturated rings. The van der Waals surface area contributed by atoms with Gasteiger partial charge in [0.05, 0.1) is 7.11 Å². The van der Waals surface area contributed by atoms with Crippen LogP contribution in [-0.2, 0) is 16.0 Å². The fourth-order valence-electron chi connectivity index (χ4n) is 1.22. The molecule has 86 valence electrons. The third-order valence-corrected chi connectivity index (χ3v) is 2.11. The van der Waals surface area contributed by atoms with Crippen molar-refractivity contribution in [1.29, 1.82) is 0 Å². The molecule has 0 saturated carbocycles. The summed E-state index contributed by atoms with van der Waals surface area (Å²) >= 11 is 0. The van der Waals surface area contributed by atoms with Crippen LogP contribution in [0.4, 0.5) is 4.39 Å². The highest BCUT2D eigenvalue weighted by molar-refractivity contribution is 6.36. The van der Waals surface area contributed by atoms with Crippen molar-refractivity contribution in [2.45, 2.75) is 12.8 Å². The van der Waals surface area contributed by atoms with Gasteiger partial charge in [-0.3, -0.25) is 0 Å². The van der Waals surface area contributed by atoms with Crippen LogP contribution in [0.25, 0.3) is 0 Å². The smallest absolute Gasteiger partial charge is 0.355 e. The van der Waals surface area contributed by atoms with Crippen molar-refractivity contribution in [2.24, 2.45) is 5.16 Å². The molecule has 4 nitrogen and oxygen atoms in total. The number of methoxy groups -OCH3 is 1. The van der Waals surface area contributed by atoms with Crippen molar-refractivity contribution < 1.29 is 19.1 Å². The van der Waals surface area contributed by atoms with E-state index in [1.807, 2.05) is 0 Å². The molecule has 0 saturated heterocycles. The van der Waals surface area contributed by atoms with Gasteiger partial charge in [0, 0.05) is 6.42 Å². The van der Waals surface area contributed by atoms with Crippen LogP contribution in [0.2, 0.25) is 0 Å². The van der Waals surface area contributed by atoms with Crippen molar-refractivity contribution in [3.63, 3.8) is 0 Å². The van der Waals surface area contributed by atoms with Gasteiger partial charge in [0.25, 0.3) is 0 Å². The predicted molar refractivity (Wildman–Crippen MR) is 56.0 cm³/mol. The quantitative estimate of drug-likeness (QED) is 0.367. The summed E-state index contributed by atoms with van der Waals surface area (Å²) in [6, 6.07) is 5.90. The van der Waals surface area contributed by atoms with Gasteiger partial charge >= 0.3 is 5.97 Å². The van der Waals surface area contributed by atoms with Gasteiger partial charge in [-0.15, -0.1) is 0 Å². The van der Waals surface area contributed by atoms with E-state index < -0.39 is 5.97 Å². The fourth-order valence-corrected chi connectivity index (χ4v) is 1.22. The van der Waals surface area contributed by atoms with Crippen LogP contribution in [0.5, 0.6) is 0 Å². The average molecular weight is 225 g/mol. The van der Waals surface area contributed by atoms with Crippen LogP contribution < -0.4 is 0 Å². The minimum atomic E-state index is -0.662. The third kappa shape index (κ3) is 3.34. The number of ether oxygens (including phenoxy) is 1. The molecule has 0 aliphatic rings. The number of rotatable bonds is 4. The molecular formula is C11H12FNO3. The Bertz CT molecular complexity index is 387. The Morgan fingerprint density at radius 2 is 2.06 bits per heavy atom. The Balaban J connectivity index is 2.57. The van der Waals surface area contributed by atoms with Crippen LogP contribution >= 0.6 is 0 Å². The number of esters is 1. The van der Waals surface area contributed by atoms with E-state index in [2.05, 4.69) is 9.89 Å². The van der Waals surface area contributed by atoms with Gasteiger partial charge < -0.3 is 9.94 Å². The van der Waals surface area contributed by atoms with Gasteiger partial charge in [0.2, 0.25) is 0 Å². The highest BCUT2D eigenvalue weighted by Crippen LogP contribution is 2.06. The third-order valence-electron chi connectivity index (χ3n) is 2.11. The molecule has 0 radical (unpaired) electrons. The lowest BCUT2D eigenvalue weighted by molar-refractivity contribution is -0.133. The average Bonchev–Trinajstić information content (AvgIpc) is 2.31. The molecule has 0 unspecified atom stereocenters. The first kappa shape index (κ1) is 12.2. The maximum absolute atomic E-state index is 12.6. The number of hydrogen-bond donors (Lipinski definition) is 1. The van der Waals surface area contributed by atoms with Crippen molar-refractivity contribution in [3.05, 3.63) is 35.6 Å². The van der Waals surface area contributed by atoms with Gasteiger partial charge in [-0.25, -0.2) is 9.18 Å². The first-order valence-corrected chi connectivity index (χ1v) is 4.71. The Hall–Kier alpha value is -1.91. The van der Waals surface area contributed by atoms with E-state index in [1.165, 1.54) is 19.2 Å². The second kappa shape index (κ2) is 5.85. The molecule has 0 aromatic heterocycles. The molecule has 0 bridgehead atoms. The lowest BCUT2D eigenvalue weighted by atomic mass is 10.1. The Labute approximate surface area is 92.3 Å². The number of benzene rings is 1. The number of halogens is 1. The van der Waals surface area contributed by atoms with E-state index in [-0.39, 0.29) is 17.9 Å². The highest BCUT2D eigenvalue weighted by Gasteiger charge is 2.12. The summed E-state index contributed by atoms with van der Waals surface area (Å²) in [5.74, 6) is -0.975. The zero-order valence-electron chi connectivity index (χ0n) is 8.81.